The van der Waals surface area contributed by atoms with Crippen LogP contribution in [0.4, 0.5) is 0 Å². The lowest BCUT2D eigenvalue weighted by molar-refractivity contribution is -0.172. The highest BCUT2D eigenvalue weighted by Crippen LogP contribution is 2.67. The zero-order chi connectivity index (χ0) is 20.6. The molecule has 0 aromatic rings. The summed E-state index contributed by atoms with van der Waals surface area (Å²) < 4.78 is 18.0. The average molecular weight is 390 g/mol. The van der Waals surface area contributed by atoms with E-state index in [2.05, 4.69) is 27.4 Å². The van der Waals surface area contributed by atoms with Crippen LogP contribution < -0.4 is 0 Å². The lowest BCUT2D eigenvalue weighted by Gasteiger charge is -2.44. The Balaban J connectivity index is 1.95. The van der Waals surface area contributed by atoms with Gasteiger partial charge in [-0.1, -0.05) is 34.3 Å². The molecule has 28 heavy (non-hydrogen) atoms. The molecular weight excluding hydrogens is 360 g/mol. The van der Waals surface area contributed by atoms with Crippen LogP contribution in [0.1, 0.15) is 53.9 Å². The second-order valence-corrected chi connectivity index (χ2v) is 9.95. The fourth-order valence-electron chi connectivity index (χ4n) is 6.88. The molecule has 2 aliphatic carbocycles. The van der Waals surface area contributed by atoms with E-state index in [1.54, 1.807) is 0 Å². The second kappa shape index (κ2) is 5.91. The number of Topliss-reactive ketones (excluding diaryl/α,β-unsaturated/α-hetero) is 1. The van der Waals surface area contributed by atoms with Crippen molar-refractivity contribution < 1.29 is 28.6 Å². The minimum atomic E-state index is -1.13. The summed E-state index contributed by atoms with van der Waals surface area (Å²) in [4.78, 5) is 37.8. The Labute approximate surface area is 166 Å². The maximum absolute atomic E-state index is 13.3. The zero-order valence-corrected chi connectivity index (χ0v) is 17.4. The summed E-state index contributed by atoms with van der Waals surface area (Å²) in [5.41, 5.74) is -1.70. The molecule has 0 amide bonds. The Bertz CT molecular complexity index is 771. The van der Waals surface area contributed by atoms with Crippen molar-refractivity contribution in [3.8, 4) is 0 Å². The van der Waals surface area contributed by atoms with Crippen molar-refractivity contribution in [1.29, 1.82) is 0 Å². The van der Waals surface area contributed by atoms with E-state index >= 15 is 0 Å². The van der Waals surface area contributed by atoms with E-state index in [0.29, 0.717) is 24.3 Å². The highest BCUT2D eigenvalue weighted by atomic mass is 16.6. The third kappa shape index (κ3) is 2.21. The lowest BCUT2D eigenvalue weighted by Crippen LogP contribution is -2.57. The molecular formula is C22H30O6. The molecule has 6 nitrogen and oxygen atoms in total. The summed E-state index contributed by atoms with van der Waals surface area (Å²) >= 11 is 0. The van der Waals surface area contributed by atoms with Crippen LogP contribution in [0.3, 0.4) is 0 Å². The summed E-state index contributed by atoms with van der Waals surface area (Å²) in [6.45, 7) is 14.1. The third-order valence-electron chi connectivity index (χ3n) is 8.07. The molecule has 2 saturated heterocycles. The van der Waals surface area contributed by atoms with E-state index in [9.17, 15) is 14.4 Å². The number of hydrogen-bond donors (Lipinski definition) is 0. The van der Waals surface area contributed by atoms with Crippen LogP contribution in [0.2, 0.25) is 0 Å². The van der Waals surface area contributed by atoms with Gasteiger partial charge in [0.05, 0.1) is 24.4 Å². The first kappa shape index (κ1) is 19.6. The molecule has 0 N–H and O–H groups in total. The van der Waals surface area contributed by atoms with E-state index in [1.165, 1.54) is 6.92 Å². The molecule has 0 aromatic heterocycles. The first-order chi connectivity index (χ1) is 13.0. The molecule has 2 aliphatic heterocycles. The number of ether oxygens (including phenoxy) is 3. The van der Waals surface area contributed by atoms with E-state index < -0.39 is 40.5 Å². The van der Waals surface area contributed by atoms with Gasteiger partial charge in [-0.25, -0.2) is 0 Å². The molecule has 7 atom stereocenters. The summed E-state index contributed by atoms with van der Waals surface area (Å²) in [7, 11) is 0. The molecule has 4 aliphatic rings. The highest BCUT2D eigenvalue weighted by molar-refractivity contribution is 5.87. The van der Waals surface area contributed by atoms with Gasteiger partial charge >= 0.3 is 11.9 Å². The standard InChI is InChI=1S/C22H30O6/c1-11(2)14-7-15(24)18-19-22(12(3)10-26-19)21(6,9-17(25)28-22)16(27-13(4)23)8-20(14,18)5/h11,14,16,18-19H,3,7-10H2,1-2,4-6H3/t14-,16-,18-,19+,20-,21+,22-/m1/s1. The molecule has 154 valence electrons. The largest absolute Gasteiger partial charge is 0.462 e. The van der Waals surface area contributed by atoms with Gasteiger partial charge in [0.25, 0.3) is 0 Å². The van der Waals surface area contributed by atoms with Crippen molar-refractivity contribution in [3.63, 3.8) is 0 Å². The number of ketones is 1. The second-order valence-electron chi connectivity index (χ2n) is 9.95. The molecule has 2 heterocycles. The van der Waals surface area contributed by atoms with Gasteiger partial charge < -0.3 is 14.2 Å². The highest BCUT2D eigenvalue weighted by Gasteiger charge is 2.77. The van der Waals surface area contributed by atoms with Crippen LogP contribution in [0.25, 0.3) is 0 Å². The third-order valence-corrected chi connectivity index (χ3v) is 8.07. The summed E-state index contributed by atoms with van der Waals surface area (Å²) in [5.74, 6) is -0.569. The van der Waals surface area contributed by atoms with E-state index in [1.807, 2.05) is 6.92 Å². The fraction of sp³-hybridized carbons (Fsp3) is 0.773. The molecule has 0 unspecified atom stereocenters. The monoisotopic (exact) mass is 390 g/mol. The molecule has 4 rings (SSSR count). The van der Waals surface area contributed by atoms with Crippen LogP contribution in [0.15, 0.2) is 12.2 Å². The first-order valence-corrected chi connectivity index (χ1v) is 10.2. The van der Waals surface area contributed by atoms with E-state index in [4.69, 9.17) is 14.2 Å². The van der Waals surface area contributed by atoms with Crippen LogP contribution in [-0.2, 0) is 28.6 Å². The minimum absolute atomic E-state index is 0.118. The summed E-state index contributed by atoms with van der Waals surface area (Å²) in [6.07, 6.45) is -0.0440. The predicted molar refractivity (Wildman–Crippen MR) is 100 cm³/mol. The predicted octanol–water partition coefficient (Wildman–Crippen LogP) is 2.84. The Morgan fingerprint density at radius 3 is 2.57 bits per heavy atom. The number of carbonyl (C=O) groups is 3. The van der Waals surface area contributed by atoms with Gasteiger partial charge in [-0.2, -0.15) is 0 Å². The Hall–Kier alpha value is -1.69. The van der Waals surface area contributed by atoms with Crippen LogP contribution in [-0.4, -0.2) is 42.1 Å². The van der Waals surface area contributed by atoms with Crippen molar-refractivity contribution in [2.45, 2.75) is 71.7 Å². The quantitative estimate of drug-likeness (QED) is 0.533. The maximum Gasteiger partial charge on any atom is 0.307 e. The van der Waals surface area contributed by atoms with E-state index in [0.717, 1.165) is 0 Å². The van der Waals surface area contributed by atoms with Crippen LogP contribution in [0, 0.1) is 28.6 Å². The fourth-order valence-corrected chi connectivity index (χ4v) is 6.88. The maximum atomic E-state index is 13.3. The van der Waals surface area contributed by atoms with E-state index in [-0.39, 0.29) is 30.7 Å². The van der Waals surface area contributed by atoms with Gasteiger partial charge in [0.2, 0.25) is 0 Å². The molecule has 0 aromatic carbocycles. The zero-order valence-electron chi connectivity index (χ0n) is 17.4. The smallest absolute Gasteiger partial charge is 0.307 e. The van der Waals surface area contributed by atoms with Crippen molar-refractivity contribution in [2.24, 2.45) is 28.6 Å². The minimum Gasteiger partial charge on any atom is -0.462 e. The van der Waals surface area contributed by atoms with Crippen LogP contribution in [0.5, 0.6) is 0 Å². The van der Waals surface area contributed by atoms with Gasteiger partial charge in [0.15, 0.2) is 5.60 Å². The lowest BCUT2D eigenvalue weighted by atomic mass is 9.64. The van der Waals surface area contributed by atoms with Crippen molar-refractivity contribution >= 4 is 17.7 Å². The molecule has 0 bridgehead atoms. The topological polar surface area (TPSA) is 78.9 Å². The van der Waals surface area contributed by atoms with Gasteiger partial charge in [0, 0.05) is 13.3 Å². The number of fused-ring (bicyclic) bond motifs is 2. The van der Waals surface area contributed by atoms with Gasteiger partial charge in [0.1, 0.15) is 18.0 Å². The molecule has 1 spiro atoms. The number of esters is 2. The van der Waals surface area contributed by atoms with Crippen molar-refractivity contribution in [2.75, 3.05) is 6.61 Å². The van der Waals surface area contributed by atoms with Crippen molar-refractivity contribution in [3.05, 3.63) is 12.2 Å². The van der Waals surface area contributed by atoms with Gasteiger partial charge in [-0.15, -0.1) is 0 Å². The Morgan fingerprint density at radius 1 is 1.29 bits per heavy atom. The molecule has 4 fully saturated rings. The molecule has 2 saturated carbocycles. The molecule has 6 heteroatoms. The van der Waals surface area contributed by atoms with Crippen LogP contribution >= 0.6 is 0 Å². The number of rotatable bonds is 2. The summed E-state index contributed by atoms with van der Waals surface area (Å²) in [5, 5.41) is 0. The summed E-state index contributed by atoms with van der Waals surface area (Å²) in [6, 6.07) is 0. The first-order valence-electron chi connectivity index (χ1n) is 10.2. The molecule has 0 radical (unpaired) electrons. The van der Waals surface area contributed by atoms with Gasteiger partial charge in [-0.05, 0) is 29.2 Å². The normalized spacial score (nSPS) is 47.4. The average Bonchev–Trinajstić information content (AvgIpc) is 3.11. The number of carbonyl (C=O) groups excluding carboxylic acids is 3. The van der Waals surface area contributed by atoms with Gasteiger partial charge in [-0.3, -0.25) is 14.4 Å². The van der Waals surface area contributed by atoms with Crippen molar-refractivity contribution in [1.82, 2.24) is 0 Å². The Morgan fingerprint density at radius 2 is 1.96 bits per heavy atom. The number of hydrogen-bond acceptors (Lipinski definition) is 6. The SMILES string of the molecule is C=C1CO[C@H]2[C@H]3C(=O)C[C@H](C(C)C)[C@@]3(C)C[C@@H](OC(C)=O)[C@]3(C)CC(=O)O[C@]123. The Kier molecular flexibility index (Phi) is 4.14.